The van der Waals surface area contributed by atoms with Gasteiger partial charge in [-0.05, 0) is 12.1 Å². The van der Waals surface area contributed by atoms with E-state index in [1.807, 2.05) is 0 Å². The molecule has 12 heteroatoms. The van der Waals surface area contributed by atoms with Gasteiger partial charge in [-0.3, -0.25) is 16.0 Å². The standard InChI is InChI=1S/C9H10N6O5S/c10-13-7-2-1-6(3-8(7)15(16)17)21(18,19)12-4-9-11-5-20-14-9/h1-3,5,12-13H,4,10H2. The van der Waals surface area contributed by atoms with E-state index >= 15 is 0 Å². The fourth-order valence-corrected chi connectivity index (χ4v) is 2.46. The molecule has 1 aromatic heterocycles. The van der Waals surface area contributed by atoms with Gasteiger partial charge in [-0.25, -0.2) is 13.1 Å². The van der Waals surface area contributed by atoms with Gasteiger partial charge in [-0.1, -0.05) is 5.16 Å². The van der Waals surface area contributed by atoms with Gasteiger partial charge >= 0.3 is 0 Å². The Bertz CT molecular complexity index is 744. The first-order valence-corrected chi connectivity index (χ1v) is 6.92. The molecular weight excluding hydrogens is 304 g/mol. The van der Waals surface area contributed by atoms with Crippen molar-refractivity contribution in [2.75, 3.05) is 5.43 Å². The van der Waals surface area contributed by atoms with E-state index in [0.29, 0.717) is 0 Å². The van der Waals surface area contributed by atoms with Crippen LogP contribution in [0.1, 0.15) is 5.82 Å². The summed E-state index contributed by atoms with van der Waals surface area (Å²) in [7, 11) is -3.96. The molecule has 0 saturated heterocycles. The third-order valence-corrected chi connectivity index (χ3v) is 3.86. The maximum absolute atomic E-state index is 12.0. The van der Waals surface area contributed by atoms with Crippen molar-refractivity contribution in [1.29, 1.82) is 0 Å². The number of hydrogen-bond donors (Lipinski definition) is 3. The molecule has 112 valence electrons. The van der Waals surface area contributed by atoms with Crippen molar-refractivity contribution < 1.29 is 17.9 Å². The van der Waals surface area contributed by atoms with E-state index in [0.717, 1.165) is 12.5 Å². The molecular formula is C9H10N6O5S. The first-order chi connectivity index (χ1) is 9.94. The van der Waals surface area contributed by atoms with Crippen molar-refractivity contribution in [2.45, 2.75) is 11.4 Å². The number of rotatable bonds is 6. The molecule has 0 unspecified atom stereocenters. The predicted octanol–water partition coefficient (Wildman–Crippen LogP) is -0.258. The molecule has 0 amide bonds. The van der Waals surface area contributed by atoms with Crippen LogP contribution in [0, 0.1) is 10.1 Å². The molecule has 0 spiro atoms. The molecule has 0 aliphatic heterocycles. The van der Waals surface area contributed by atoms with E-state index in [9.17, 15) is 18.5 Å². The van der Waals surface area contributed by atoms with Gasteiger partial charge in [0.25, 0.3) is 5.69 Å². The molecule has 0 fully saturated rings. The molecule has 0 saturated carbocycles. The van der Waals surface area contributed by atoms with Gasteiger partial charge in [0.2, 0.25) is 16.4 Å². The van der Waals surface area contributed by atoms with Crippen molar-refractivity contribution in [2.24, 2.45) is 5.84 Å². The van der Waals surface area contributed by atoms with Gasteiger partial charge in [-0.2, -0.15) is 4.98 Å². The zero-order chi connectivity index (χ0) is 15.5. The van der Waals surface area contributed by atoms with Crippen molar-refractivity contribution in [3.63, 3.8) is 0 Å². The SMILES string of the molecule is NNc1ccc(S(=O)(=O)NCc2ncon2)cc1[N+](=O)[O-]. The maximum atomic E-state index is 12.0. The molecule has 0 aliphatic rings. The smallest absolute Gasteiger partial charge is 0.294 e. The van der Waals surface area contributed by atoms with Crippen molar-refractivity contribution in [1.82, 2.24) is 14.9 Å². The average molecular weight is 314 g/mol. The molecule has 2 aromatic rings. The topological polar surface area (TPSA) is 166 Å². The molecule has 2 rings (SSSR count). The summed E-state index contributed by atoms with van der Waals surface area (Å²) >= 11 is 0. The van der Waals surface area contributed by atoms with Gasteiger partial charge in [-0.15, -0.1) is 0 Å². The van der Waals surface area contributed by atoms with Crippen LogP contribution in [0.15, 0.2) is 34.0 Å². The highest BCUT2D eigenvalue weighted by Crippen LogP contribution is 2.26. The first kappa shape index (κ1) is 14.8. The summed E-state index contributed by atoms with van der Waals surface area (Å²) in [5, 5.41) is 14.3. The molecule has 1 aromatic carbocycles. The van der Waals surface area contributed by atoms with Gasteiger partial charge in [0.15, 0.2) is 5.82 Å². The summed E-state index contributed by atoms with van der Waals surface area (Å²) in [6.07, 6.45) is 1.05. The van der Waals surface area contributed by atoms with Crippen LogP contribution >= 0.6 is 0 Å². The number of nitrogens with zero attached hydrogens (tertiary/aromatic N) is 3. The second-order valence-corrected chi connectivity index (χ2v) is 5.52. The number of nitro benzene ring substituents is 1. The van der Waals surface area contributed by atoms with E-state index < -0.39 is 20.6 Å². The maximum Gasteiger partial charge on any atom is 0.294 e. The lowest BCUT2D eigenvalue weighted by atomic mass is 10.3. The number of benzene rings is 1. The average Bonchev–Trinajstić information content (AvgIpc) is 2.97. The largest absolute Gasteiger partial charge is 0.343 e. The van der Waals surface area contributed by atoms with Crippen LogP contribution in [0.2, 0.25) is 0 Å². The van der Waals surface area contributed by atoms with Crippen LogP contribution in [0.4, 0.5) is 11.4 Å². The summed E-state index contributed by atoms with van der Waals surface area (Å²) in [4.78, 5) is 13.5. The van der Waals surface area contributed by atoms with Gasteiger partial charge in [0, 0.05) is 6.07 Å². The highest BCUT2D eigenvalue weighted by Gasteiger charge is 2.21. The molecule has 0 radical (unpaired) electrons. The van der Waals surface area contributed by atoms with Crippen LogP contribution in [-0.4, -0.2) is 23.5 Å². The Hall–Kier alpha value is -2.57. The minimum Gasteiger partial charge on any atom is -0.343 e. The van der Waals surface area contributed by atoms with Gasteiger partial charge in [0.1, 0.15) is 5.69 Å². The Morgan fingerprint density at radius 2 is 2.19 bits per heavy atom. The monoisotopic (exact) mass is 314 g/mol. The van der Waals surface area contributed by atoms with E-state index in [2.05, 4.69) is 24.8 Å². The van der Waals surface area contributed by atoms with Gasteiger partial charge in [0.05, 0.1) is 16.4 Å². The number of nitrogens with one attached hydrogen (secondary N) is 2. The van der Waals surface area contributed by atoms with Crippen LogP contribution in [-0.2, 0) is 16.6 Å². The zero-order valence-corrected chi connectivity index (χ0v) is 11.2. The minimum absolute atomic E-state index is 0.00267. The third kappa shape index (κ3) is 3.31. The molecule has 21 heavy (non-hydrogen) atoms. The van der Waals surface area contributed by atoms with Crippen LogP contribution < -0.4 is 16.0 Å². The first-order valence-electron chi connectivity index (χ1n) is 5.44. The lowest BCUT2D eigenvalue weighted by molar-refractivity contribution is -0.384. The summed E-state index contributed by atoms with van der Waals surface area (Å²) in [5.74, 6) is 5.26. The van der Waals surface area contributed by atoms with Crippen molar-refractivity contribution in [3.8, 4) is 0 Å². The van der Waals surface area contributed by atoms with E-state index in [1.165, 1.54) is 12.1 Å². The van der Waals surface area contributed by atoms with Crippen molar-refractivity contribution in [3.05, 3.63) is 40.5 Å². The predicted molar refractivity (Wildman–Crippen MR) is 69.2 cm³/mol. The number of nitro groups is 1. The fourth-order valence-electron chi connectivity index (χ4n) is 1.46. The highest BCUT2D eigenvalue weighted by molar-refractivity contribution is 7.89. The quantitative estimate of drug-likeness (QED) is 0.369. The lowest BCUT2D eigenvalue weighted by Gasteiger charge is -2.07. The molecule has 1 heterocycles. The summed E-state index contributed by atoms with van der Waals surface area (Å²) in [6.45, 7) is -0.205. The Kier molecular flexibility index (Phi) is 4.11. The van der Waals surface area contributed by atoms with Crippen LogP contribution in [0.5, 0.6) is 0 Å². The van der Waals surface area contributed by atoms with E-state index in [4.69, 9.17) is 5.84 Å². The second-order valence-electron chi connectivity index (χ2n) is 3.75. The summed E-state index contributed by atoms with van der Waals surface area (Å²) < 4.78 is 30.7. The van der Waals surface area contributed by atoms with Crippen LogP contribution in [0.3, 0.4) is 0 Å². The normalized spacial score (nSPS) is 11.3. The Morgan fingerprint density at radius 3 is 2.76 bits per heavy atom. The second kappa shape index (κ2) is 5.82. The number of nitrogen functional groups attached to an aromatic ring is 1. The Morgan fingerprint density at radius 1 is 1.43 bits per heavy atom. The minimum atomic E-state index is -3.96. The van der Waals surface area contributed by atoms with E-state index in [1.54, 1.807) is 0 Å². The Labute approximate surface area is 118 Å². The molecule has 0 aliphatic carbocycles. The Balaban J connectivity index is 2.27. The number of sulfonamides is 1. The van der Waals surface area contributed by atoms with Crippen molar-refractivity contribution >= 4 is 21.4 Å². The summed E-state index contributed by atoms with van der Waals surface area (Å²) in [5.41, 5.74) is 1.66. The van der Waals surface area contributed by atoms with Gasteiger partial charge < -0.3 is 9.95 Å². The summed E-state index contributed by atoms with van der Waals surface area (Å²) in [6, 6.07) is 3.27. The molecule has 4 N–H and O–H groups in total. The molecule has 11 nitrogen and oxygen atoms in total. The van der Waals surface area contributed by atoms with E-state index in [-0.39, 0.29) is 23.0 Å². The number of anilines is 1. The lowest BCUT2D eigenvalue weighted by Crippen LogP contribution is -2.24. The fraction of sp³-hybridized carbons (Fsp3) is 0.111. The zero-order valence-electron chi connectivity index (χ0n) is 10.4. The molecule has 0 bridgehead atoms. The number of aromatic nitrogens is 2. The highest BCUT2D eigenvalue weighted by atomic mass is 32.2. The number of hydrogen-bond acceptors (Lipinski definition) is 9. The number of nitrogens with two attached hydrogens (primary N) is 1. The third-order valence-electron chi connectivity index (χ3n) is 2.46. The molecule has 0 atom stereocenters. The van der Waals surface area contributed by atoms with Crippen LogP contribution in [0.25, 0.3) is 0 Å². The number of hydrazine groups is 1.